The summed E-state index contributed by atoms with van der Waals surface area (Å²) in [5.41, 5.74) is 3.17. The van der Waals surface area contributed by atoms with Crippen molar-refractivity contribution in [1.29, 1.82) is 0 Å². The molecular weight excluding hydrogens is 272 g/mol. The Bertz CT molecular complexity index is 690. The van der Waals surface area contributed by atoms with Crippen LogP contribution in [0.5, 0.6) is 0 Å². The zero-order valence-electron chi connectivity index (χ0n) is 13.3. The summed E-state index contributed by atoms with van der Waals surface area (Å²) in [4.78, 5) is 7.15. The van der Waals surface area contributed by atoms with E-state index in [4.69, 9.17) is 0 Å². The number of fused-ring (bicyclic) bond motifs is 1. The normalized spacial score (nSPS) is 19.8. The standard InChI is InChI=1S/C18H24N4/c1-3-14-4-7-17(22-12-13(2)19-18(14)22)21-10-8-16(9-11-21)20-15-5-6-15/h3-4,7,12,15-16,20H,1,5-6,8-11H2,2H3. The van der Waals surface area contributed by atoms with Gasteiger partial charge in [0.15, 0.2) is 0 Å². The van der Waals surface area contributed by atoms with Gasteiger partial charge >= 0.3 is 0 Å². The minimum absolute atomic E-state index is 0.705. The van der Waals surface area contributed by atoms with Crippen LogP contribution in [0.2, 0.25) is 0 Å². The van der Waals surface area contributed by atoms with Gasteiger partial charge in [-0.1, -0.05) is 12.7 Å². The van der Waals surface area contributed by atoms with Crippen LogP contribution in [0.25, 0.3) is 11.7 Å². The molecule has 2 aromatic heterocycles. The molecule has 1 saturated carbocycles. The largest absolute Gasteiger partial charge is 0.358 e. The van der Waals surface area contributed by atoms with Gasteiger partial charge in [0.2, 0.25) is 0 Å². The number of pyridine rings is 1. The molecule has 0 atom stereocenters. The summed E-state index contributed by atoms with van der Waals surface area (Å²) in [5, 5.41) is 3.77. The summed E-state index contributed by atoms with van der Waals surface area (Å²) in [6.07, 6.45) is 9.23. The number of rotatable bonds is 4. The van der Waals surface area contributed by atoms with Crippen LogP contribution in [0.4, 0.5) is 5.82 Å². The third-order valence-electron chi connectivity index (χ3n) is 4.83. The van der Waals surface area contributed by atoms with E-state index in [1.165, 1.54) is 31.5 Å². The predicted octanol–water partition coefficient (Wildman–Crippen LogP) is 3.01. The van der Waals surface area contributed by atoms with E-state index in [-0.39, 0.29) is 0 Å². The molecule has 0 bridgehead atoms. The maximum atomic E-state index is 4.65. The Morgan fingerprint density at radius 1 is 1.18 bits per heavy atom. The lowest BCUT2D eigenvalue weighted by Gasteiger charge is -2.34. The minimum Gasteiger partial charge on any atom is -0.358 e. The van der Waals surface area contributed by atoms with Gasteiger partial charge in [0.25, 0.3) is 0 Å². The highest BCUT2D eigenvalue weighted by Crippen LogP contribution is 2.26. The molecule has 2 aromatic rings. The van der Waals surface area contributed by atoms with Crippen molar-refractivity contribution in [3.8, 4) is 0 Å². The summed E-state index contributed by atoms with van der Waals surface area (Å²) < 4.78 is 2.22. The fraction of sp³-hybridized carbons (Fsp3) is 0.500. The van der Waals surface area contributed by atoms with Crippen molar-refractivity contribution < 1.29 is 0 Å². The lowest BCUT2D eigenvalue weighted by atomic mass is 10.0. The molecule has 4 nitrogen and oxygen atoms in total. The molecular formula is C18H24N4. The molecule has 4 rings (SSSR count). The molecule has 2 aliphatic rings. The van der Waals surface area contributed by atoms with Crippen LogP contribution in [-0.2, 0) is 0 Å². The van der Waals surface area contributed by atoms with Crippen LogP contribution in [0, 0.1) is 6.92 Å². The van der Waals surface area contributed by atoms with Gasteiger partial charge in [-0.25, -0.2) is 4.98 Å². The molecule has 1 N–H and O–H groups in total. The first-order valence-electron chi connectivity index (χ1n) is 8.37. The number of anilines is 1. The molecule has 1 saturated heterocycles. The van der Waals surface area contributed by atoms with E-state index in [0.717, 1.165) is 36.0 Å². The van der Waals surface area contributed by atoms with Crippen molar-refractivity contribution in [2.45, 2.75) is 44.7 Å². The van der Waals surface area contributed by atoms with Crippen LogP contribution in [-0.4, -0.2) is 34.6 Å². The van der Waals surface area contributed by atoms with Crippen molar-refractivity contribution in [1.82, 2.24) is 14.7 Å². The van der Waals surface area contributed by atoms with Crippen molar-refractivity contribution in [2.75, 3.05) is 18.0 Å². The number of aryl methyl sites for hydroxylation is 1. The van der Waals surface area contributed by atoms with Gasteiger partial charge in [-0.15, -0.1) is 0 Å². The summed E-state index contributed by atoms with van der Waals surface area (Å²) in [7, 11) is 0. The quantitative estimate of drug-likeness (QED) is 0.941. The van der Waals surface area contributed by atoms with Crippen LogP contribution in [0.3, 0.4) is 0 Å². The van der Waals surface area contributed by atoms with Crippen molar-refractivity contribution in [3.63, 3.8) is 0 Å². The fourth-order valence-corrected chi connectivity index (χ4v) is 3.47. The topological polar surface area (TPSA) is 32.6 Å². The number of piperidine rings is 1. The Labute approximate surface area is 131 Å². The molecule has 0 amide bonds. The molecule has 0 radical (unpaired) electrons. The van der Waals surface area contributed by atoms with Crippen LogP contribution >= 0.6 is 0 Å². The fourth-order valence-electron chi connectivity index (χ4n) is 3.47. The second-order valence-corrected chi connectivity index (χ2v) is 6.63. The minimum atomic E-state index is 0.705. The van der Waals surface area contributed by atoms with Gasteiger partial charge in [-0.05, 0) is 44.7 Å². The Kier molecular flexibility index (Phi) is 3.41. The molecule has 2 fully saturated rings. The summed E-state index contributed by atoms with van der Waals surface area (Å²) in [5.74, 6) is 1.26. The van der Waals surface area contributed by atoms with Gasteiger partial charge < -0.3 is 10.2 Å². The maximum absolute atomic E-state index is 4.65. The number of imidazole rings is 1. The van der Waals surface area contributed by atoms with Crippen LogP contribution < -0.4 is 10.2 Å². The van der Waals surface area contributed by atoms with Crippen molar-refractivity contribution >= 4 is 17.5 Å². The molecule has 116 valence electrons. The highest BCUT2D eigenvalue weighted by atomic mass is 15.2. The summed E-state index contributed by atoms with van der Waals surface area (Å²) >= 11 is 0. The molecule has 1 aliphatic carbocycles. The average Bonchev–Trinajstić information content (AvgIpc) is 3.25. The van der Waals surface area contributed by atoms with E-state index in [2.05, 4.69) is 51.4 Å². The molecule has 1 aliphatic heterocycles. The predicted molar refractivity (Wildman–Crippen MR) is 91.4 cm³/mol. The second-order valence-electron chi connectivity index (χ2n) is 6.63. The molecule has 22 heavy (non-hydrogen) atoms. The number of nitrogens with zero attached hydrogens (tertiary/aromatic N) is 3. The highest BCUT2D eigenvalue weighted by molar-refractivity contribution is 5.68. The smallest absolute Gasteiger partial charge is 0.145 e. The third kappa shape index (κ3) is 2.52. The van der Waals surface area contributed by atoms with E-state index in [1.54, 1.807) is 0 Å². The zero-order chi connectivity index (χ0) is 15.1. The monoisotopic (exact) mass is 296 g/mol. The molecule has 4 heteroatoms. The van der Waals surface area contributed by atoms with Gasteiger partial charge in [-0.2, -0.15) is 0 Å². The van der Waals surface area contributed by atoms with E-state index < -0.39 is 0 Å². The second kappa shape index (κ2) is 5.43. The molecule has 0 unspecified atom stereocenters. The van der Waals surface area contributed by atoms with Crippen LogP contribution in [0.15, 0.2) is 24.9 Å². The lowest BCUT2D eigenvalue weighted by Crippen LogP contribution is -2.43. The van der Waals surface area contributed by atoms with E-state index >= 15 is 0 Å². The number of hydrogen-bond donors (Lipinski definition) is 1. The van der Waals surface area contributed by atoms with Gasteiger partial charge in [0.1, 0.15) is 11.5 Å². The van der Waals surface area contributed by atoms with Gasteiger partial charge in [-0.3, -0.25) is 4.40 Å². The maximum Gasteiger partial charge on any atom is 0.145 e. The summed E-state index contributed by atoms with van der Waals surface area (Å²) in [6, 6.07) is 5.86. The third-order valence-corrected chi connectivity index (χ3v) is 4.83. The Hall–Kier alpha value is -1.81. The Morgan fingerprint density at radius 3 is 2.59 bits per heavy atom. The van der Waals surface area contributed by atoms with E-state index in [0.29, 0.717) is 6.04 Å². The van der Waals surface area contributed by atoms with Crippen LogP contribution in [0.1, 0.15) is 36.9 Å². The average molecular weight is 296 g/mol. The Balaban J connectivity index is 1.57. The Morgan fingerprint density at radius 2 is 1.91 bits per heavy atom. The van der Waals surface area contributed by atoms with Gasteiger partial charge in [0.05, 0.1) is 5.69 Å². The van der Waals surface area contributed by atoms with E-state index in [9.17, 15) is 0 Å². The first-order valence-corrected chi connectivity index (χ1v) is 8.37. The SMILES string of the molecule is C=Cc1ccc(N2CCC(NC3CC3)CC2)n2cc(C)nc12. The molecule has 0 aromatic carbocycles. The zero-order valence-corrected chi connectivity index (χ0v) is 13.3. The number of hydrogen-bond acceptors (Lipinski definition) is 3. The number of aromatic nitrogens is 2. The van der Waals surface area contributed by atoms with E-state index in [1.807, 2.05) is 6.08 Å². The lowest BCUT2D eigenvalue weighted by molar-refractivity contribution is 0.411. The first-order chi connectivity index (χ1) is 10.7. The first kappa shape index (κ1) is 13.8. The van der Waals surface area contributed by atoms with Crippen molar-refractivity contribution in [2.24, 2.45) is 0 Å². The highest BCUT2D eigenvalue weighted by Gasteiger charge is 2.27. The molecule has 0 spiro atoms. The van der Waals surface area contributed by atoms with Crippen molar-refractivity contribution in [3.05, 3.63) is 36.2 Å². The van der Waals surface area contributed by atoms with Gasteiger partial charge in [0, 0.05) is 36.9 Å². The summed E-state index contributed by atoms with van der Waals surface area (Å²) in [6.45, 7) is 8.18. The number of nitrogens with one attached hydrogen (secondary N) is 1. The molecule has 3 heterocycles.